The number of aromatic amines is 1. The number of aryl methyl sites for hydroxylation is 1. The summed E-state index contributed by atoms with van der Waals surface area (Å²) >= 11 is 0. The summed E-state index contributed by atoms with van der Waals surface area (Å²) in [7, 11) is 0. The van der Waals surface area contributed by atoms with Crippen molar-refractivity contribution in [3.05, 3.63) is 30.1 Å². The molecule has 1 atom stereocenters. The van der Waals surface area contributed by atoms with Crippen LogP contribution in [0.5, 0.6) is 0 Å². The fourth-order valence-electron chi connectivity index (χ4n) is 2.51. The third kappa shape index (κ3) is 3.84. The molecule has 0 aliphatic carbocycles. The Kier molecular flexibility index (Phi) is 5.51. The summed E-state index contributed by atoms with van der Waals surface area (Å²) in [6, 6.07) is 7.50. The summed E-state index contributed by atoms with van der Waals surface area (Å²) in [5.41, 5.74) is 1.65. The van der Waals surface area contributed by atoms with E-state index >= 15 is 0 Å². The molecule has 1 saturated heterocycles. The second-order valence-electron chi connectivity index (χ2n) is 5.32. The number of carbonyl (C=O) groups is 1. The van der Waals surface area contributed by atoms with E-state index in [1.807, 2.05) is 31.2 Å². The number of nitrogens with zero attached hydrogens (tertiary/aromatic N) is 2. The van der Waals surface area contributed by atoms with Crippen molar-refractivity contribution in [1.29, 1.82) is 0 Å². The van der Waals surface area contributed by atoms with Gasteiger partial charge in [-0.3, -0.25) is 9.89 Å². The number of nitrogens with one attached hydrogen (secondary N) is 3. The van der Waals surface area contributed by atoms with Gasteiger partial charge in [0.25, 0.3) is 0 Å². The largest absolute Gasteiger partial charge is 0.325 e. The van der Waals surface area contributed by atoms with Crippen LogP contribution in [0.2, 0.25) is 0 Å². The predicted octanol–water partition coefficient (Wildman–Crippen LogP) is 2.28. The molecule has 22 heavy (non-hydrogen) atoms. The number of benzene rings is 1. The minimum absolute atomic E-state index is 0. The molecular formula is C15H20ClN5O. The van der Waals surface area contributed by atoms with E-state index < -0.39 is 0 Å². The highest BCUT2D eigenvalue weighted by Gasteiger charge is 2.20. The number of hydrogen-bond acceptors (Lipinski definition) is 4. The molecule has 0 saturated carbocycles. The summed E-state index contributed by atoms with van der Waals surface area (Å²) in [5, 5.41) is 13.2. The molecule has 1 aliphatic rings. The molecule has 1 amide bonds. The summed E-state index contributed by atoms with van der Waals surface area (Å²) in [4.78, 5) is 16.5. The fourth-order valence-corrected chi connectivity index (χ4v) is 2.51. The highest BCUT2D eigenvalue weighted by Crippen LogP contribution is 2.20. The topological polar surface area (TPSA) is 82.7 Å². The molecule has 0 bridgehead atoms. The van der Waals surface area contributed by atoms with Gasteiger partial charge in [0.05, 0.1) is 6.04 Å². The Labute approximate surface area is 135 Å². The molecule has 6 nitrogen and oxygen atoms in total. The van der Waals surface area contributed by atoms with Crippen molar-refractivity contribution in [1.82, 2.24) is 20.5 Å². The Morgan fingerprint density at radius 2 is 2.23 bits per heavy atom. The monoisotopic (exact) mass is 321 g/mol. The third-order valence-electron chi connectivity index (χ3n) is 3.61. The van der Waals surface area contributed by atoms with Crippen LogP contribution in [-0.2, 0) is 4.79 Å². The Hall–Kier alpha value is -1.92. The van der Waals surface area contributed by atoms with Crippen molar-refractivity contribution >= 4 is 24.0 Å². The van der Waals surface area contributed by atoms with Gasteiger partial charge in [-0.05, 0) is 38.4 Å². The Morgan fingerprint density at radius 1 is 1.36 bits per heavy atom. The molecule has 118 valence electrons. The summed E-state index contributed by atoms with van der Waals surface area (Å²) in [6.07, 6.45) is 3.14. The molecule has 3 N–H and O–H groups in total. The van der Waals surface area contributed by atoms with E-state index in [2.05, 4.69) is 25.8 Å². The van der Waals surface area contributed by atoms with Crippen molar-refractivity contribution in [3.8, 4) is 11.4 Å². The van der Waals surface area contributed by atoms with Gasteiger partial charge in [0.2, 0.25) is 5.91 Å². The van der Waals surface area contributed by atoms with Gasteiger partial charge in [-0.15, -0.1) is 12.4 Å². The van der Waals surface area contributed by atoms with Crippen molar-refractivity contribution in [2.24, 2.45) is 0 Å². The lowest BCUT2D eigenvalue weighted by Crippen LogP contribution is -2.43. The van der Waals surface area contributed by atoms with E-state index in [4.69, 9.17) is 0 Å². The number of anilines is 1. The van der Waals surface area contributed by atoms with Crippen molar-refractivity contribution in [3.63, 3.8) is 0 Å². The van der Waals surface area contributed by atoms with Crippen LogP contribution in [0.3, 0.4) is 0 Å². The van der Waals surface area contributed by atoms with E-state index in [1.54, 1.807) is 0 Å². The smallest absolute Gasteiger partial charge is 0.241 e. The van der Waals surface area contributed by atoms with E-state index in [1.165, 1.54) is 0 Å². The number of piperidine rings is 1. The number of aromatic nitrogens is 3. The third-order valence-corrected chi connectivity index (χ3v) is 3.61. The minimum Gasteiger partial charge on any atom is -0.325 e. The number of H-pyrrole nitrogens is 1. The quantitative estimate of drug-likeness (QED) is 0.810. The number of carbonyl (C=O) groups excluding carboxylic acids is 1. The molecule has 0 unspecified atom stereocenters. The summed E-state index contributed by atoms with van der Waals surface area (Å²) < 4.78 is 0. The SMILES string of the molecule is Cc1nc(-c2cccc(NC(=O)[C@H]3CCCCN3)c2)n[nH]1.Cl. The standard InChI is InChI=1S/C15H19N5O.ClH/c1-10-17-14(20-19-10)11-5-4-6-12(9-11)18-15(21)13-7-2-3-8-16-13;/h4-6,9,13,16H,2-3,7-8H2,1H3,(H,18,21)(H,17,19,20);1H/t13-;/m1./s1. The molecule has 1 aromatic carbocycles. The zero-order valence-corrected chi connectivity index (χ0v) is 13.2. The van der Waals surface area contributed by atoms with Gasteiger partial charge in [-0.2, -0.15) is 5.10 Å². The first-order valence-electron chi connectivity index (χ1n) is 7.26. The maximum atomic E-state index is 12.2. The maximum absolute atomic E-state index is 12.2. The molecule has 3 rings (SSSR count). The second-order valence-corrected chi connectivity index (χ2v) is 5.32. The zero-order chi connectivity index (χ0) is 14.7. The average Bonchev–Trinajstić information content (AvgIpc) is 2.95. The Morgan fingerprint density at radius 3 is 2.91 bits per heavy atom. The van der Waals surface area contributed by atoms with E-state index in [-0.39, 0.29) is 24.4 Å². The van der Waals surface area contributed by atoms with Crippen LogP contribution in [-0.4, -0.2) is 33.7 Å². The highest BCUT2D eigenvalue weighted by molar-refractivity contribution is 5.95. The van der Waals surface area contributed by atoms with Gasteiger partial charge in [-0.25, -0.2) is 4.98 Å². The van der Waals surface area contributed by atoms with Crippen LogP contribution in [0.1, 0.15) is 25.1 Å². The van der Waals surface area contributed by atoms with Crippen molar-refractivity contribution < 1.29 is 4.79 Å². The van der Waals surface area contributed by atoms with Gasteiger partial charge in [0.15, 0.2) is 5.82 Å². The number of amides is 1. The Balaban J connectivity index is 0.00000176. The molecule has 7 heteroatoms. The van der Waals surface area contributed by atoms with Crippen LogP contribution < -0.4 is 10.6 Å². The van der Waals surface area contributed by atoms with Gasteiger partial charge in [0.1, 0.15) is 5.82 Å². The van der Waals surface area contributed by atoms with Crippen LogP contribution in [0.15, 0.2) is 24.3 Å². The Bertz CT molecular complexity index is 636. The second kappa shape index (κ2) is 7.38. The fraction of sp³-hybridized carbons (Fsp3) is 0.400. The maximum Gasteiger partial charge on any atom is 0.241 e. The lowest BCUT2D eigenvalue weighted by atomic mass is 10.0. The van der Waals surface area contributed by atoms with Crippen molar-refractivity contribution in [2.45, 2.75) is 32.2 Å². The summed E-state index contributed by atoms with van der Waals surface area (Å²) in [6.45, 7) is 2.77. The molecule has 0 radical (unpaired) electrons. The van der Waals surface area contributed by atoms with Gasteiger partial charge < -0.3 is 10.6 Å². The minimum atomic E-state index is -0.0897. The van der Waals surface area contributed by atoms with Crippen LogP contribution in [0.25, 0.3) is 11.4 Å². The lowest BCUT2D eigenvalue weighted by molar-refractivity contribution is -0.118. The number of rotatable bonds is 3. The highest BCUT2D eigenvalue weighted by atomic mass is 35.5. The molecule has 2 heterocycles. The zero-order valence-electron chi connectivity index (χ0n) is 12.4. The number of halogens is 1. The van der Waals surface area contributed by atoms with E-state index in [0.717, 1.165) is 42.9 Å². The van der Waals surface area contributed by atoms with Crippen LogP contribution in [0, 0.1) is 6.92 Å². The number of hydrogen-bond donors (Lipinski definition) is 3. The van der Waals surface area contributed by atoms with Gasteiger partial charge in [0, 0.05) is 11.3 Å². The lowest BCUT2D eigenvalue weighted by Gasteiger charge is -2.22. The van der Waals surface area contributed by atoms with Crippen LogP contribution >= 0.6 is 12.4 Å². The molecular weight excluding hydrogens is 302 g/mol. The summed E-state index contributed by atoms with van der Waals surface area (Å²) in [5.74, 6) is 1.43. The first kappa shape index (κ1) is 16.5. The molecule has 1 aliphatic heterocycles. The average molecular weight is 322 g/mol. The first-order chi connectivity index (χ1) is 10.2. The van der Waals surface area contributed by atoms with Gasteiger partial charge in [-0.1, -0.05) is 18.6 Å². The normalized spacial score (nSPS) is 17.6. The molecule has 0 spiro atoms. The molecule has 1 fully saturated rings. The van der Waals surface area contributed by atoms with Gasteiger partial charge >= 0.3 is 0 Å². The predicted molar refractivity (Wildman–Crippen MR) is 88.1 cm³/mol. The van der Waals surface area contributed by atoms with E-state index in [9.17, 15) is 4.79 Å². The van der Waals surface area contributed by atoms with E-state index in [0.29, 0.717) is 5.82 Å². The molecule has 1 aromatic heterocycles. The van der Waals surface area contributed by atoms with Crippen molar-refractivity contribution in [2.75, 3.05) is 11.9 Å². The molecule has 2 aromatic rings. The first-order valence-corrected chi connectivity index (χ1v) is 7.26. The van der Waals surface area contributed by atoms with Crippen LogP contribution in [0.4, 0.5) is 5.69 Å².